The second-order valence-corrected chi connectivity index (χ2v) is 4.48. The first-order valence-electron chi connectivity index (χ1n) is 6.07. The number of nitrogens with two attached hydrogens (primary N) is 1. The highest BCUT2D eigenvalue weighted by atomic mass is 35.5. The summed E-state index contributed by atoms with van der Waals surface area (Å²) in [7, 11) is 0. The first-order valence-corrected chi connectivity index (χ1v) is 6.45. The lowest BCUT2D eigenvalue weighted by molar-refractivity contribution is -0.123. The van der Waals surface area contributed by atoms with Gasteiger partial charge < -0.3 is 20.5 Å². The number of benzene rings is 1. The number of carbonyl (C=O) groups is 1. The fraction of sp³-hybridized carbons (Fsp3) is 0.462. The van der Waals surface area contributed by atoms with Gasteiger partial charge in [-0.1, -0.05) is 11.6 Å². The summed E-state index contributed by atoms with van der Waals surface area (Å²) in [5.74, 6) is -0.282. The Balaban J connectivity index is 2.40. The van der Waals surface area contributed by atoms with Crippen molar-refractivity contribution in [1.82, 2.24) is 0 Å². The summed E-state index contributed by atoms with van der Waals surface area (Å²) in [6.07, 6.45) is -0.137. The van der Waals surface area contributed by atoms with E-state index in [0.29, 0.717) is 29.6 Å². The molecule has 106 valence electrons. The number of anilines is 2. The Morgan fingerprint density at radius 1 is 1.53 bits per heavy atom. The molecule has 1 aromatic rings. The zero-order chi connectivity index (χ0) is 14.3. The van der Waals surface area contributed by atoms with E-state index in [-0.39, 0.29) is 18.6 Å². The van der Waals surface area contributed by atoms with Crippen molar-refractivity contribution in [3.8, 4) is 0 Å². The van der Waals surface area contributed by atoms with Crippen LogP contribution in [0.15, 0.2) is 18.2 Å². The Hall–Kier alpha value is -1.30. The fourth-order valence-corrected chi connectivity index (χ4v) is 1.54. The molecule has 0 saturated heterocycles. The lowest BCUT2D eigenvalue weighted by Gasteiger charge is -2.13. The van der Waals surface area contributed by atoms with Crippen molar-refractivity contribution in [2.24, 2.45) is 0 Å². The van der Waals surface area contributed by atoms with Crippen molar-refractivity contribution in [2.75, 3.05) is 30.9 Å². The molecular weight excluding hydrogens is 268 g/mol. The molecule has 3 N–H and O–H groups in total. The summed E-state index contributed by atoms with van der Waals surface area (Å²) in [5, 5.41) is 3.08. The predicted octanol–water partition coefficient (Wildman–Crippen LogP) is 2.30. The highest BCUT2D eigenvalue weighted by molar-refractivity contribution is 6.33. The van der Waals surface area contributed by atoms with Crippen LogP contribution in [0.1, 0.15) is 13.8 Å². The van der Waals surface area contributed by atoms with Crippen LogP contribution >= 0.6 is 11.6 Å². The molecule has 0 spiro atoms. The van der Waals surface area contributed by atoms with Crippen LogP contribution < -0.4 is 11.1 Å². The molecule has 19 heavy (non-hydrogen) atoms. The molecule has 5 nitrogen and oxygen atoms in total. The monoisotopic (exact) mass is 286 g/mol. The molecule has 0 aromatic heterocycles. The van der Waals surface area contributed by atoms with Crippen molar-refractivity contribution < 1.29 is 14.3 Å². The van der Waals surface area contributed by atoms with Gasteiger partial charge in [0.2, 0.25) is 5.91 Å². The maximum absolute atomic E-state index is 11.7. The summed E-state index contributed by atoms with van der Waals surface area (Å²) in [6, 6.07) is 4.90. The number of ether oxygens (including phenoxy) is 2. The van der Waals surface area contributed by atoms with Gasteiger partial charge in [-0.2, -0.15) is 0 Å². The van der Waals surface area contributed by atoms with Gasteiger partial charge in [0.15, 0.2) is 0 Å². The third-order valence-electron chi connectivity index (χ3n) is 2.32. The molecule has 0 fully saturated rings. The number of hydrogen-bond acceptors (Lipinski definition) is 4. The number of nitrogens with one attached hydrogen (secondary N) is 1. The van der Waals surface area contributed by atoms with Crippen LogP contribution in [0.3, 0.4) is 0 Å². The van der Waals surface area contributed by atoms with E-state index < -0.39 is 0 Å². The van der Waals surface area contributed by atoms with Gasteiger partial charge in [-0.3, -0.25) is 4.79 Å². The standard InChI is InChI=1S/C13H19ClN2O3/c1-3-18-7-9(2)19-8-13(17)16-12-6-10(15)4-5-11(12)14/h4-6,9H,3,7-8,15H2,1-2H3,(H,16,17). The molecule has 0 radical (unpaired) electrons. The summed E-state index contributed by atoms with van der Waals surface area (Å²) < 4.78 is 10.5. The molecule has 1 unspecified atom stereocenters. The minimum atomic E-state index is -0.282. The van der Waals surface area contributed by atoms with Gasteiger partial charge in [-0.25, -0.2) is 0 Å². The zero-order valence-corrected chi connectivity index (χ0v) is 11.9. The van der Waals surface area contributed by atoms with Gasteiger partial charge in [-0.05, 0) is 32.0 Å². The average molecular weight is 287 g/mol. The lowest BCUT2D eigenvalue weighted by Crippen LogP contribution is -2.24. The largest absolute Gasteiger partial charge is 0.399 e. The van der Waals surface area contributed by atoms with Gasteiger partial charge in [0.05, 0.1) is 23.4 Å². The van der Waals surface area contributed by atoms with Crippen LogP contribution in [0.2, 0.25) is 5.02 Å². The zero-order valence-electron chi connectivity index (χ0n) is 11.1. The summed E-state index contributed by atoms with van der Waals surface area (Å²) in [5.41, 5.74) is 6.63. The van der Waals surface area contributed by atoms with Crippen LogP contribution in [0, 0.1) is 0 Å². The molecule has 1 aromatic carbocycles. The highest BCUT2D eigenvalue weighted by Gasteiger charge is 2.09. The maximum atomic E-state index is 11.7. The second-order valence-electron chi connectivity index (χ2n) is 4.07. The van der Waals surface area contributed by atoms with Crippen molar-refractivity contribution in [3.05, 3.63) is 23.2 Å². The Kier molecular flexibility index (Phi) is 6.62. The Morgan fingerprint density at radius 3 is 2.95 bits per heavy atom. The van der Waals surface area contributed by atoms with Crippen LogP contribution in [-0.4, -0.2) is 31.8 Å². The minimum Gasteiger partial charge on any atom is -0.399 e. The topological polar surface area (TPSA) is 73.6 Å². The second kappa shape index (κ2) is 7.99. The Morgan fingerprint density at radius 2 is 2.26 bits per heavy atom. The summed E-state index contributed by atoms with van der Waals surface area (Å²) in [6.45, 7) is 4.78. The molecule has 6 heteroatoms. The lowest BCUT2D eigenvalue weighted by atomic mass is 10.3. The number of hydrogen-bond donors (Lipinski definition) is 2. The highest BCUT2D eigenvalue weighted by Crippen LogP contribution is 2.23. The molecule has 0 aliphatic heterocycles. The molecular formula is C13H19ClN2O3. The Labute approximate surface area is 118 Å². The molecule has 0 aliphatic carbocycles. The summed E-state index contributed by atoms with van der Waals surface area (Å²) in [4.78, 5) is 11.7. The fourth-order valence-electron chi connectivity index (χ4n) is 1.37. The van der Waals surface area contributed by atoms with Gasteiger partial charge in [-0.15, -0.1) is 0 Å². The Bertz CT molecular complexity index is 426. The molecule has 0 aliphatic rings. The number of amides is 1. The number of carbonyl (C=O) groups excluding carboxylic acids is 1. The summed E-state index contributed by atoms with van der Waals surface area (Å²) >= 11 is 5.94. The van der Waals surface area contributed by atoms with Gasteiger partial charge in [0.1, 0.15) is 6.61 Å². The van der Waals surface area contributed by atoms with E-state index in [9.17, 15) is 4.79 Å². The third kappa shape index (κ3) is 5.92. The van der Waals surface area contributed by atoms with Crippen LogP contribution in [0.4, 0.5) is 11.4 Å². The van der Waals surface area contributed by atoms with E-state index in [1.807, 2.05) is 13.8 Å². The number of nitrogen functional groups attached to an aromatic ring is 1. The first kappa shape index (κ1) is 15.8. The number of rotatable bonds is 7. The molecule has 1 rings (SSSR count). The quantitative estimate of drug-likeness (QED) is 0.754. The third-order valence-corrected chi connectivity index (χ3v) is 2.65. The maximum Gasteiger partial charge on any atom is 0.250 e. The minimum absolute atomic E-state index is 0.0562. The van der Waals surface area contributed by atoms with Crippen LogP contribution in [0.25, 0.3) is 0 Å². The van der Waals surface area contributed by atoms with Crippen molar-refractivity contribution >= 4 is 28.9 Å². The van der Waals surface area contributed by atoms with Crippen molar-refractivity contribution in [3.63, 3.8) is 0 Å². The predicted molar refractivity (Wildman–Crippen MR) is 76.4 cm³/mol. The van der Waals surface area contributed by atoms with Crippen molar-refractivity contribution in [1.29, 1.82) is 0 Å². The smallest absolute Gasteiger partial charge is 0.250 e. The van der Waals surface area contributed by atoms with E-state index in [1.165, 1.54) is 0 Å². The van der Waals surface area contributed by atoms with E-state index >= 15 is 0 Å². The van der Waals surface area contributed by atoms with Crippen LogP contribution in [0.5, 0.6) is 0 Å². The molecule has 1 atom stereocenters. The van der Waals surface area contributed by atoms with Gasteiger partial charge >= 0.3 is 0 Å². The van der Waals surface area contributed by atoms with Gasteiger partial charge in [0, 0.05) is 12.3 Å². The molecule has 1 amide bonds. The van der Waals surface area contributed by atoms with E-state index in [2.05, 4.69) is 5.32 Å². The first-order chi connectivity index (χ1) is 9.02. The van der Waals surface area contributed by atoms with E-state index in [0.717, 1.165) is 0 Å². The number of halogens is 1. The van der Waals surface area contributed by atoms with E-state index in [4.69, 9.17) is 26.8 Å². The SMILES string of the molecule is CCOCC(C)OCC(=O)Nc1cc(N)ccc1Cl. The normalized spacial score (nSPS) is 12.2. The van der Waals surface area contributed by atoms with Gasteiger partial charge in [0.25, 0.3) is 0 Å². The average Bonchev–Trinajstić information content (AvgIpc) is 2.38. The van der Waals surface area contributed by atoms with E-state index in [1.54, 1.807) is 18.2 Å². The molecule has 0 heterocycles. The van der Waals surface area contributed by atoms with Crippen LogP contribution in [-0.2, 0) is 14.3 Å². The molecule has 0 saturated carbocycles. The molecule has 0 bridgehead atoms. The van der Waals surface area contributed by atoms with Crippen molar-refractivity contribution in [2.45, 2.75) is 20.0 Å².